The molecule has 1 N–H and O–H groups in total. The summed E-state index contributed by atoms with van der Waals surface area (Å²) in [5.74, 6) is -0.856. The number of esters is 1. The first kappa shape index (κ1) is 26.5. The molecule has 6 nitrogen and oxygen atoms in total. The van der Waals surface area contributed by atoms with Crippen molar-refractivity contribution in [3.63, 3.8) is 0 Å². The standard InChI is InChI=1S/C32H30N2O4/c1-21-6-4-5-7-28(21)29(19-30(35)27-16-17-33-22(2)18-27)25-12-8-23(9-13-25)24-10-14-26(15-11-24)32(37)34-20-31(36)38-3/h4-18,29H,19-20H2,1-3H3,(H,34,37). The van der Waals surface area contributed by atoms with Gasteiger partial charge in [-0.15, -0.1) is 0 Å². The molecule has 0 bridgehead atoms. The molecule has 6 heteroatoms. The first-order chi connectivity index (χ1) is 18.4. The van der Waals surface area contributed by atoms with E-state index in [1.165, 1.54) is 7.11 Å². The Morgan fingerprint density at radius 1 is 0.842 bits per heavy atom. The molecule has 1 heterocycles. The fourth-order valence-corrected chi connectivity index (χ4v) is 4.46. The molecule has 0 fully saturated rings. The van der Waals surface area contributed by atoms with E-state index in [9.17, 15) is 14.4 Å². The molecule has 0 aliphatic heterocycles. The van der Waals surface area contributed by atoms with Crippen molar-refractivity contribution in [3.8, 4) is 11.1 Å². The Morgan fingerprint density at radius 3 is 2.13 bits per heavy atom. The summed E-state index contributed by atoms with van der Waals surface area (Å²) in [4.78, 5) is 41.0. The van der Waals surface area contributed by atoms with Crippen molar-refractivity contribution in [2.45, 2.75) is 26.2 Å². The third-order valence-corrected chi connectivity index (χ3v) is 6.59. The second-order valence-electron chi connectivity index (χ2n) is 9.18. The highest BCUT2D eigenvalue weighted by Gasteiger charge is 2.21. The summed E-state index contributed by atoms with van der Waals surface area (Å²) in [6, 6.07) is 27.2. The van der Waals surface area contributed by atoms with Gasteiger partial charge in [0.15, 0.2) is 5.78 Å². The molecule has 38 heavy (non-hydrogen) atoms. The normalized spacial score (nSPS) is 11.4. The van der Waals surface area contributed by atoms with E-state index in [1.807, 2.05) is 49.4 Å². The van der Waals surface area contributed by atoms with Crippen LogP contribution in [0.3, 0.4) is 0 Å². The van der Waals surface area contributed by atoms with Crippen LogP contribution in [-0.4, -0.2) is 36.3 Å². The van der Waals surface area contributed by atoms with Gasteiger partial charge in [0, 0.05) is 35.4 Å². The van der Waals surface area contributed by atoms with Crippen LogP contribution in [0.4, 0.5) is 0 Å². The number of aromatic nitrogens is 1. The summed E-state index contributed by atoms with van der Waals surface area (Å²) in [6.45, 7) is 3.78. The van der Waals surface area contributed by atoms with E-state index >= 15 is 0 Å². The summed E-state index contributed by atoms with van der Waals surface area (Å²) in [6.07, 6.45) is 2.03. The minimum absolute atomic E-state index is 0.0777. The average Bonchev–Trinajstić information content (AvgIpc) is 2.95. The predicted molar refractivity (Wildman–Crippen MR) is 147 cm³/mol. The number of ketones is 1. The number of hydrogen-bond donors (Lipinski definition) is 1. The lowest BCUT2D eigenvalue weighted by molar-refractivity contribution is -0.139. The zero-order valence-electron chi connectivity index (χ0n) is 21.7. The van der Waals surface area contributed by atoms with Crippen LogP contribution in [0.5, 0.6) is 0 Å². The highest BCUT2D eigenvalue weighted by atomic mass is 16.5. The van der Waals surface area contributed by atoms with E-state index in [0.717, 1.165) is 33.5 Å². The Balaban J connectivity index is 1.56. The summed E-state index contributed by atoms with van der Waals surface area (Å²) in [5, 5.41) is 2.53. The minimum Gasteiger partial charge on any atom is -0.468 e. The number of nitrogens with one attached hydrogen (secondary N) is 1. The van der Waals surface area contributed by atoms with E-state index in [4.69, 9.17) is 0 Å². The van der Waals surface area contributed by atoms with Gasteiger partial charge in [-0.1, -0.05) is 60.7 Å². The van der Waals surface area contributed by atoms with Crippen molar-refractivity contribution in [1.82, 2.24) is 10.3 Å². The van der Waals surface area contributed by atoms with Crippen LogP contribution in [0.1, 0.15) is 55.4 Å². The number of methoxy groups -OCH3 is 1. The largest absolute Gasteiger partial charge is 0.468 e. The Hall–Kier alpha value is -4.58. The number of Topliss-reactive ketones (excluding diaryl/α,β-unsaturated/α-hetero) is 1. The van der Waals surface area contributed by atoms with Crippen molar-refractivity contribution < 1.29 is 19.1 Å². The molecule has 1 aromatic heterocycles. The number of aryl methyl sites for hydroxylation is 2. The molecule has 3 aromatic carbocycles. The van der Waals surface area contributed by atoms with Gasteiger partial charge in [0.05, 0.1) is 7.11 Å². The summed E-state index contributed by atoms with van der Waals surface area (Å²) in [7, 11) is 1.28. The number of hydrogen-bond acceptors (Lipinski definition) is 5. The van der Waals surface area contributed by atoms with Crippen LogP contribution in [0, 0.1) is 13.8 Å². The number of benzene rings is 3. The Morgan fingerprint density at radius 2 is 1.50 bits per heavy atom. The lowest BCUT2D eigenvalue weighted by atomic mass is 9.83. The van der Waals surface area contributed by atoms with Crippen LogP contribution >= 0.6 is 0 Å². The molecule has 1 atom stereocenters. The fourth-order valence-electron chi connectivity index (χ4n) is 4.46. The summed E-state index contributed by atoms with van der Waals surface area (Å²) >= 11 is 0. The van der Waals surface area contributed by atoms with Gasteiger partial charge in [0.1, 0.15) is 6.54 Å². The molecule has 1 amide bonds. The van der Waals surface area contributed by atoms with Gasteiger partial charge in [0.2, 0.25) is 0 Å². The maximum absolute atomic E-state index is 13.3. The van der Waals surface area contributed by atoms with Crippen molar-refractivity contribution in [3.05, 3.63) is 125 Å². The topological polar surface area (TPSA) is 85.4 Å². The summed E-state index contributed by atoms with van der Waals surface area (Å²) in [5.41, 5.74) is 7.22. The van der Waals surface area contributed by atoms with Gasteiger partial charge >= 0.3 is 5.97 Å². The monoisotopic (exact) mass is 506 g/mol. The number of rotatable bonds is 9. The Labute approximate surface area is 222 Å². The van der Waals surface area contributed by atoms with Crippen molar-refractivity contribution in [2.75, 3.05) is 13.7 Å². The molecular formula is C32H30N2O4. The molecule has 0 aliphatic rings. The quantitative estimate of drug-likeness (QED) is 0.233. The lowest BCUT2D eigenvalue weighted by Crippen LogP contribution is -2.30. The second-order valence-corrected chi connectivity index (χ2v) is 9.18. The molecule has 1 unspecified atom stereocenters. The molecule has 0 saturated carbocycles. The first-order valence-corrected chi connectivity index (χ1v) is 12.4. The number of carbonyl (C=O) groups excluding carboxylic acids is 3. The van der Waals surface area contributed by atoms with E-state index < -0.39 is 5.97 Å². The molecule has 0 spiro atoms. The smallest absolute Gasteiger partial charge is 0.325 e. The minimum atomic E-state index is -0.503. The number of pyridine rings is 1. The highest BCUT2D eigenvalue weighted by Crippen LogP contribution is 2.33. The molecule has 4 rings (SSSR count). The first-order valence-electron chi connectivity index (χ1n) is 12.4. The lowest BCUT2D eigenvalue weighted by Gasteiger charge is -2.20. The second kappa shape index (κ2) is 12.1. The van der Waals surface area contributed by atoms with Gasteiger partial charge in [0.25, 0.3) is 5.91 Å². The van der Waals surface area contributed by atoms with Gasteiger partial charge in [-0.2, -0.15) is 0 Å². The SMILES string of the molecule is COC(=O)CNC(=O)c1ccc(-c2ccc(C(CC(=O)c3ccnc(C)c3)c3ccccc3C)cc2)cc1. The van der Waals surface area contributed by atoms with Crippen molar-refractivity contribution >= 4 is 17.7 Å². The number of amides is 1. The maximum atomic E-state index is 13.3. The summed E-state index contributed by atoms with van der Waals surface area (Å²) < 4.78 is 4.55. The third-order valence-electron chi connectivity index (χ3n) is 6.59. The molecule has 0 saturated heterocycles. The number of nitrogens with zero attached hydrogens (tertiary/aromatic N) is 1. The van der Waals surface area contributed by atoms with Crippen LogP contribution in [0.2, 0.25) is 0 Å². The van der Waals surface area contributed by atoms with E-state index in [2.05, 4.69) is 46.2 Å². The van der Waals surface area contributed by atoms with Gasteiger partial charge in [-0.05, 0) is 65.9 Å². The number of carbonyl (C=O) groups is 3. The molecule has 192 valence electrons. The van der Waals surface area contributed by atoms with Crippen LogP contribution in [-0.2, 0) is 9.53 Å². The van der Waals surface area contributed by atoms with Gasteiger partial charge < -0.3 is 10.1 Å². The highest BCUT2D eigenvalue weighted by molar-refractivity contribution is 5.97. The molecule has 4 aromatic rings. The van der Waals surface area contributed by atoms with Crippen LogP contribution in [0.15, 0.2) is 91.1 Å². The van der Waals surface area contributed by atoms with E-state index in [1.54, 1.807) is 24.4 Å². The van der Waals surface area contributed by atoms with Gasteiger partial charge in [-0.25, -0.2) is 0 Å². The third kappa shape index (κ3) is 6.40. The van der Waals surface area contributed by atoms with E-state index in [0.29, 0.717) is 17.5 Å². The van der Waals surface area contributed by atoms with Crippen LogP contribution < -0.4 is 5.32 Å². The molecular weight excluding hydrogens is 476 g/mol. The maximum Gasteiger partial charge on any atom is 0.325 e. The zero-order chi connectivity index (χ0) is 27.1. The molecule has 0 aliphatic carbocycles. The Kier molecular flexibility index (Phi) is 8.44. The van der Waals surface area contributed by atoms with E-state index in [-0.39, 0.29) is 24.2 Å². The van der Waals surface area contributed by atoms with Crippen LogP contribution in [0.25, 0.3) is 11.1 Å². The van der Waals surface area contributed by atoms with Gasteiger partial charge in [-0.3, -0.25) is 19.4 Å². The predicted octanol–water partition coefficient (Wildman–Crippen LogP) is 5.67. The Bertz CT molecular complexity index is 1440. The molecule has 0 radical (unpaired) electrons. The average molecular weight is 507 g/mol. The zero-order valence-corrected chi connectivity index (χ0v) is 21.7. The number of ether oxygens (including phenoxy) is 1. The van der Waals surface area contributed by atoms with Crippen molar-refractivity contribution in [2.24, 2.45) is 0 Å². The fraction of sp³-hybridized carbons (Fsp3) is 0.188. The van der Waals surface area contributed by atoms with Crippen molar-refractivity contribution in [1.29, 1.82) is 0 Å².